The first kappa shape index (κ1) is 15.4. The maximum absolute atomic E-state index is 4.64. The van der Waals surface area contributed by atoms with Crippen LogP contribution in [0.25, 0.3) is 11.0 Å². The average Bonchev–Trinajstić information content (AvgIpc) is 2.35. The van der Waals surface area contributed by atoms with Crippen molar-refractivity contribution < 1.29 is 0 Å². The molecular weight excluding hydrogens is 560 g/mol. The van der Waals surface area contributed by atoms with Gasteiger partial charge in [0.05, 0.1) is 22.4 Å². The van der Waals surface area contributed by atoms with E-state index in [9.17, 15) is 0 Å². The molecule has 2 aromatic rings. The van der Waals surface area contributed by atoms with Crippen molar-refractivity contribution in [3.8, 4) is 0 Å². The minimum Gasteiger partial charge on any atom is -0.248 e. The van der Waals surface area contributed by atoms with Gasteiger partial charge in [-0.1, -0.05) is 85.7 Å². The molecule has 0 atom stereocenters. The minimum absolute atomic E-state index is 0.425. The van der Waals surface area contributed by atoms with Crippen molar-refractivity contribution >= 4 is 90.7 Å². The summed E-state index contributed by atoms with van der Waals surface area (Å²) in [5, 5.41) is 1.40. The molecule has 2 nitrogen and oxygen atoms in total. The molecule has 96 valence electrons. The number of fused-ring (bicyclic) bond motifs is 1. The number of benzene rings is 1. The second-order valence-corrected chi connectivity index (χ2v) is 11.5. The molecule has 2 rings (SSSR count). The molecule has 0 aliphatic heterocycles. The van der Waals surface area contributed by atoms with E-state index in [-0.39, 0.29) is 0 Å². The van der Waals surface area contributed by atoms with Crippen molar-refractivity contribution in [1.82, 2.24) is 9.97 Å². The molecule has 0 aliphatic carbocycles. The van der Waals surface area contributed by atoms with Gasteiger partial charge in [-0.25, -0.2) is 9.97 Å². The number of aromatic nitrogens is 2. The molecule has 18 heavy (non-hydrogen) atoms. The third kappa shape index (κ3) is 3.34. The van der Waals surface area contributed by atoms with E-state index in [0.29, 0.717) is 10.7 Å². The lowest BCUT2D eigenvalue weighted by Gasteiger charge is -2.13. The van der Waals surface area contributed by atoms with E-state index in [1.54, 1.807) is 0 Å². The molecular formula is C11H7Br5N2. The molecule has 0 bridgehead atoms. The second-order valence-electron chi connectivity index (χ2n) is 3.59. The van der Waals surface area contributed by atoms with Crippen molar-refractivity contribution in [2.45, 2.75) is 12.8 Å². The zero-order valence-electron chi connectivity index (χ0n) is 8.93. The van der Waals surface area contributed by atoms with E-state index in [1.807, 2.05) is 18.2 Å². The quantitative estimate of drug-likeness (QED) is 0.435. The Morgan fingerprint density at radius 3 is 1.94 bits per heavy atom. The van der Waals surface area contributed by atoms with Crippen molar-refractivity contribution in [1.29, 1.82) is 0 Å². The molecule has 0 fully saturated rings. The summed E-state index contributed by atoms with van der Waals surface area (Å²) in [6.07, 6.45) is 0. The maximum atomic E-state index is 4.64. The molecule has 0 aliphatic rings. The highest BCUT2D eigenvalue weighted by molar-refractivity contribution is 9.38. The monoisotopic (exact) mass is 562 g/mol. The van der Waals surface area contributed by atoms with Gasteiger partial charge in [0.25, 0.3) is 0 Å². The van der Waals surface area contributed by atoms with E-state index >= 15 is 0 Å². The maximum Gasteiger partial charge on any atom is 0.159 e. The van der Waals surface area contributed by atoms with E-state index in [1.165, 1.54) is 0 Å². The Hall–Kier alpha value is 0.960. The van der Waals surface area contributed by atoms with E-state index in [2.05, 4.69) is 89.6 Å². The predicted octanol–water partition coefficient (Wildman–Crippen LogP) is 5.71. The van der Waals surface area contributed by atoms with Crippen LogP contribution in [0, 0.1) is 0 Å². The standard InChI is InChI=1S/C11H7Br5N2/c12-4-9-10(5-13)18-8-3-6(11(14,15)16)1-2-7(8)17-9/h1-3H,4-5H2. The normalized spacial score (nSPS) is 12.1. The van der Waals surface area contributed by atoms with Gasteiger partial charge < -0.3 is 0 Å². The van der Waals surface area contributed by atoms with Gasteiger partial charge in [0, 0.05) is 10.7 Å². The highest BCUT2D eigenvalue weighted by atomic mass is 80.0. The lowest BCUT2D eigenvalue weighted by molar-refractivity contribution is 1.08. The number of nitrogens with zero attached hydrogens (tertiary/aromatic N) is 2. The predicted molar refractivity (Wildman–Crippen MR) is 93.3 cm³/mol. The Balaban J connectivity index is 2.63. The smallest absolute Gasteiger partial charge is 0.159 e. The van der Waals surface area contributed by atoms with Crippen LogP contribution in [-0.2, 0) is 12.8 Å². The van der Waals surface area contributed by atoms with Crippen LogP contribution in [0.1, 0.15) is 17.0 Å². The number of rotatable bonds is 2. The Morgan fingerprint density at radius 1 is 0.889 bits per heavy atom. The fourth-order valence-corrected chi connectivity index (χ4v) is 3.16. The van der Waals surface area contributed by atoms with Crippen LogP contribution in [0.4, 0.5) is 0 Å². The van der Waals surface area contributed by atoms with Crippen LogP contribution < -0.4 is 0 Å². The summed E-state index contributed by atoms with van der Waals surface area (Å²) < 4.78 is -0.425. The Bertz CT molecular complexity index is 579. The largest absolute Gasteiger partial charge is 0.248 e. The summed E-state index contributed by atoms with van der Waals surface area (Å²) in [7, 11) is 0. The van der Waals surface area contributed by atoms with E-state index in [4.69, 9.17) is 0 Å². The summed E-state index contributed by atoms with van der Waals surface area (Å²) in [5.41, 5.74) is 4.75. The van der Waals surface area contributed by atoms with E-state index < -0.39 is 2.14 Å². The van der Waals surface area contributed by atoms with Gasteiger partial charge in [-0.2, -0.15) is 0 Å². The van der Waals surface area contributed by atoms with Crippen LogP contribution in [-0.4, -0.2) is 9.97 Å². The SMILES string of the molecule is BrCc1nc2ccc(C(Br)(Br)Br)cc2nc1CBr. The summed E-state index contributed by atoms with van der Waals surface area (Å²) in [6, 6.07) is 5.98. The van der Waals surface area contributed by atoms with Gasteiger partial charge in [-0.15, -0.1) is 0 Å². The summed E-state index contributed by atoms with van der Waals surface area (Å²) in [5.74, 6) is 0. The fraction of sp³-hybridized carbons (Fsp3) is 0.273. The lowest BCUT2D eigenvalue weighted by atomic mass is 10.2. The number of hydrogen-bond donors (Lipinski definition) is 0. The highest BCUT2D eigenvalue weighted by Gasteiger charge is 2.21. The van der Waals surface area contributed by atoms with Gasteiger partial charge in [0.15, 0.2) is 2.14 Å². The zero-order valence-corrected chi connectivity index (χ0v) is 16.9. The third-order valence-electron chi connectivity index (χ3n) is 2.40. The van der Waals surface area contributed by atoms with Gasteiger partial charge in [-0.05, 0) is 17.7 Å². The summed E-state index contributed by atoms with van der Waals surface area (Å²) in [4.78, 5) is 9.24. The van der Waals surface area contributed by atoms with Crippen LogP contribution in [0.15, 0.2) is 18.2 Å². The Labute approximate surface area is 147 Å². The number of alkyl halides is 5. The summed E-state index contributed by atoms with van der Waals surface area (Å²) in [6.45, 7) is 0. The molecule has 0 saturated heterocycles. The average molecular weight is 567 g/mol. The molecule has 0 amide bonds. The van der Waals surface area contributed by atoms with Crippen LogP contribution in [0.2, 0.25) is 0 Å². The molecule has 1 aromatic carbocycles. The number of halogens is 5. The molecule has 0 unspecified atom stereocenters. The molecule has 7 heteroatoms. The van der Waals surface area contributed by atoms with Crippen molar-refractivity contribution in [2.24, 2.45) is 0 Å². The van der Waals surface area contributed by atoms with Crippen molar-refractivity contribution in [3.63, 3.8) is 0 Å². The first-order chi connectivity index (χ1) is 8.45. The van der Waals surface area contributed by atoms with E-state index in [0.717, 1.165) is 28.0 Å². The molecule has 1 heterocycles. The van der Waals surface area contributed by atoms with Gasteiger partial charge in [0.1, 0.15) is 0 Å². The minimum atomic E-state index is -0.425. The first-order valence-electron chi connectivity index (χ1n) is 4.94. The molecule has 0 spiro atoms. The van der Waals surface area contributed by atoms with Crippen LogP contribution >= 0.6 is 79.6 Å². The Morgan fingerprint density at radius 2 is 1.44 bits per heavy atom. The molecule has 0 saturated carbocycles. The van der Waals surface area contributed by atoms with Crippen LogP contribution in [0.3, 0.4) is 0 Å². The zero-order chi connectivity index (χ0) is 13.3. The van der Waals surface area contributed by atoms with Gasteiger partial charge in [-0.3, -0.25) is 0 Å². The van der Waals surface area contributed by atoms with Gasteiger partial charge in [0.2, 0.25) is 0 Å². The second kappa shape index (κ2) is 6.16. The topological polar surface area (TPSA) is 25.8 Å². The fourth-order valence-electron chi connectivity index (χ4n) is 1.52. The van der Waals surface area contributed by atoms with Crippen molar-refractivity contribution in [2.75, 3.05) is 0 Å². The lowest BCUT2D eigenvalue weighted by Crippen LogP contribution is -2.01. The first-order valence-corrected chi connectivity index (χ1v) is 9.56. The third-order valence-corrected chi connectivity index (χ3v) is 4.84. The van der Waals surface area contributed by atoms with Gasteiger partial charge >= 0.3 is 0 Å². The molecule has 0 N–H and O–H groups in total. The Kier molecular flexibility index (Phi) is 5.25. The highest BCUT2D eigenvalue weighted by Crippen LogP contribution is 2.44. The van der Waals surface area contributed by atoms with Crippen LogP contribution in [0.5, 0.6) is 0 Å². The number of hydrogen-bond acceptors (Lipinski definition) is 2. The van der Waals surface area contributed by atoms with Crippen molar-refractivity contribution in [3.05, 3.63) is 35.2 Å². The molecule has 1 aromatic heterocycles. The molecule has 0 radical (unpaired) electrons. The summed E-state index contributed by atoms with van der Waals surface area (Å²) >= 11 is 17.4.